The Labute approximate surface area is 96.1 Å². The molecule has 2 N–H and O–H groups in total. The van der Waals surface area contributed by atoms with Crippen molar-refractivity contribution in [2.75, 3.05) is 0 Å². The molecule has 16 heavy (non-hydrogen) atoms. The Bertz CT molecular complexity index is 436. The molecule has 0 spiro atoms. The standard InChI is InChI=1S/C12H19N3O/c1-8-10(6-7-11(13)16)9(2)15(14-8)12(3,4)5/h6-7H,1-5H3,(H2,13,16)/b7-6+. The van der Waals surface area contributed by atoms with Crippen LogP contribution in [0.1, 0.15) is 37.7 Å². The summed E-state index contributed by atoms with van der Waals surface area (Å²) >= 11 is 0. The first-order valence-electron chi connectivity index (χ1n) is 5.27. The monoisotopic (exact) mass is 221 g/mol. The Hall–Kier alpha value is -1.58. The van der Waals surface area contributed by atoms with Gasteiger partial charge in [-0.15, -0.1) is 0 Å². The van der Waals surface area contributed by atoms with Gasteiger partial charge in [-0.25, -0.2) is 0 Å². The van der Waals surface area contributed by atoms with Crippen molar-refractivity contribution in [3.8, 4) is 0 Å². The molecular formula is C12H19N3O. The van der Waals surface area contributed by atoms with Gasteiger partial charge >= 0.3 is 0 Å². The Morgan fingerprint density at radius 1 is 1.38 bits per heavy atom. The van der Waals surface area contributed by atoms with E-state index >= 15 is 0 Å². The van der Waals surface area contributed by atoms with E-state index in [9.17, 15) is 4.79 Å². The zero-order valence-corrected chi connectivity index (χ0v) is 10.5. The van der Waals surface area contributed by atoms with Crippen LogP contribution in [-0.4, -0.2) is 15.7 Å². The molecule has 4 nitrogen and oxygen atoms in total. The highest BCUT2D eigenvalue weighted by Gasteiger charge is 2.19. The highest BCUT2D eigenvalue weighted by Crippen LogP contribution is 2.22. The molecule has 0 saturated heterocycles. The Kier molecular flexibility index (Phi) is 3.21. The highest BCUT2D eigenvalue weighted by atomic mass is 16.1. The van der Waals surface area contributed by atoms with E-state index in [1.807, 2.05) is 18.5 Å². The number of aromatic nitrogens is 2. The summed E-state index contributed by atoms with van der Waals surface area (Å²) in [5, 5.41) is 4.47. The van der Waals surface area contributed by atoms with Crippen molar-refractivity contribution in [3.05, 3.63) is 23.0 Å². The molecule has 0 aromatic carbocycles. The minimum atomic E-state index is -0.442. The molecule has 0 unspecified atom stereocenters. The fourth-order valence-electron chi connectivity index (χ4n) is 1.71. The molecular weight excluding hydrogens is 202 g/mol. The van der Waals surface area contributed by atoms with E-state index in [2.05, 4.69) is 25.9 Å². The van der Waals surface area contributed by atoms with Crippen LogP contribution in [0.5, 0.6) is 0 Å². The predicted molar refractivity (Wildman–Crippen MR) is 64.9 cm³/mol. The molecule has 1 amide bonds. The number of aryl methyl sites for hydroxylation is 1. The number of nitrogens with two attached hydrogens (primary N) is 1. The van der Waals surface area contributed by atoms with Crippen LogP contribution in [0.25, 0.3) is 6.08 Å². The molecule has 1 aromatic heterocycles. The minimum Gasteiger partial charge on any atom is -0.366 e. The van der Waals surface area contributed by atoms with Crippen LogP contribution < -0.4 is 5.73 Å². The number of primary amides is 1. The van der Waals surface area contributed by atoms with Crippen LogP contribution in [0, 0.1) is 13.8 Å². The summed E-state index contributed by atoms with van der Waals surface area (Å²) < 4.78 is 1.96. The van der Waals surface area contributed by atoms with Crippen molar-refractivity contribution >= 4 is 12.0 Å². The van der Waals surface area contributed by atoms with Crippen LogP contribution in [0.3, 0.4) is 0 Å². The van der Waals surface area contributed by atoms with Crippen molar-refractivity contribution < 1.29 is 4.79 Å². The van der Waals surface area contributed by atoms with Gasteiger partial charge in [0.15, 0.2) is 0 Å². The maximum Gasteiger partial charge on any atom is 0.241 e. The summed E-state index contributed by atoms with van der Waals surface area (Å²) in [7, 11) is 0. The molecule has 1 rings (SSSR count). The summed E-state index contributed by atoms with van der Waals surface area (Å²) in [5.41, 5.74) is 7.94. The second-order valence-corrected chi connectivity index (χ2v) is 4.90. The lowest BCUT2D eigenvalue weighted by atomic mass is 10.1. The van der Waals surface area contributed by atoms with Crippen LogP contribution >= 0.6 is 0 Å². The first-order chi connectivity index (χ1) is 7.23. The third kappa shape index (κ3) is 2.51. The van der Waals surface area contributed by atoms with E-state index in [-0.39, 0.29) is 5.54 Å². The summed E-state index contributed by atoms with van der Waals surface area (Å²) in [6, 6.07) is 0. The zero-order chi connectivity index (χ0) is 12.5. The molecule has 0 aliphatic heterocycles. The average Bonchev–Trinajstić information content (AvgIpc) is 2.38. The van der Waals surface area contributed by atoms with Gasteiger partial charge in [0.25, 0.3) is 0 Å². The van der Waals surface area contributed by atoms with Gasteiger partial charge in [-0.3, -0.25) is 9.48 Å². The fourth-order valence-corrected chi connectivity index (χ4v) is 1.71. The summed E-state index contributed by atoms with van der Waals surface area (Å²) in [6.45, 7) is 10.2. The molecule has 0 fully saturated rings. The smallest absolute Gasteiger partial charge is 0.241 e. The first kappa shape index (κ1) is 12.5. The van der Waals surface area contributed by atoms with E-state index in [0.717, 1.165) is 17.0 Å². The maximum atomic E-state index is 10.7. The molecule has 1 heterocycles. The zero-order valence-electron chi connectivity index (χ0n) is 10.5. The Balaban J connectivity index is 3.23. The largest absolute Gasteiger partial charge is 0.366 e. The number of hydrogen-bond donors (Lipinski definition) is 1. The van der Waals surface area contributed by atoms with Gasteiger partial charge in [-0.05, 0) is 40.7 Å². The lowest BCUT2D eigenvalue weighted by Crippen LogP contribution is -2.24. The predicted octanol–water partition coefficient (Wildman–Crippen LogP) is 1.75. The first-order valence-corrected chi connectivity index (χ1v) is 5.27. The van der Waals surface area contributed by atoms with Crippen molar-refractivity contribution in [2.45, 2.75) is 40.2 Å². The average molecular weight is 221 g/mol. The van der Waals surface area contributed by atoms with Crippen molar-refractivity contribution in [1.29, 1.82) is 0 Å². The second kappa shape index (κ2) is 4.12. The van der Waals surface area contributed by atoms with Crippen molar-refractivity contribution in [1.82, 2.24) is 9.78 Å². The molecule has 4 heteroatoms. The number of rotatable bonds is 2. The quantitative estimate of drug-likeness (QED) is 0.773. The topological polar surface area (TPSA) is 60.9 Å². The molecule has 88 valence electrons. The lowest BCUT2D eigenvalue weighted by Gasteiger charge is -2.21. The van der Waals surface area contributed by atoms with Crippen molar-refractivity contribution in [3.63, 3.8) is 0 Å². The van der Waals surface area contributed by atoms with Crippen LogP contribution in [0.2, 0.25) is 0 Å². The SMILES string of the molecule is Cc1nn(C(C)(C)C)c(C)c1/C=C/C(N)=O. The Morgan fingerprint density at radius 2 is 1.94 bits per heavy atom. The van der Waals surface area contributed by atoms with Gasteiger partial charge in [0.2, 0.25) is 5.91 Å². The number of hydrogen-bond acceptors (Lipinski definition) is 2. The van der Waals surface area contributed by atoms with Crippen molar-refractivity contribution in [2.24, 2.45) is 5.73 Å². The molecule has 1 aromatic rings. The third-order valence-electron chi connectivity index (χ3n) is 2.40. The number of amides is 1. The number of carbonyl (C=O) groups excluding carboxylic acids is 1. The van der Waals surface area contributed by atoms with Gasteiger partial charge < -0.3 is 5.73 Å². The number of carbonyl (C=O) groups is 1. The maximum absolute atomic E-state index is 10.7. The van der Waals surface area contributed by atoms with Gasteiger partial charge in [0.1, 0.15) is 0 Å². The van der Waals surface area contributed by atoms with E-state index in [4.69, 9.17) is 5.73 Å². The van der Waals surface area contributed by atoms with Crippen LogP contribution in [-0.2, 0) is 10.3 Å². The highest BCUT2D eigenvalue weighted by molar-refractivity contribution is 5.90. The number of nitrogens with zero attached hydrogens (tertiary/aromatic N) is 2. The van der Waals surface area contributed by atoms with Gasteiger partial charge in [-0.1, -0.05) is 0 Å². The van der Waals surface area contributed by atoms with Crippen LogP contribution in [0.15, 0.2) is 6.08 Å². The van der Waals surface area contributed by atoms with Crippen LogP contribution in [0.4, 0.5) is 0 Å². The van der Waals surface area contributed by atoms with E-state index in [1.54, 1.807) is 6.08 Å². The lowest BCUT2D eigenvalue weighted by molar-refractivity contribution is -0.113. The second-order valence-electron chi connectivity index (χ2n) is 4.90. The summed E-state index contributed by atoms with van der Waals surface area (Å²) in [6.07, 6.45) is 3.09. The Morgan fingerprint density at radius 3 is 2.31 bits per heavy atom. The molecule has 0 radical (unpaired) electrons. The molecule has 0 aliphatic carbocycles. The molecule has 0 saturated carbocycles. The molecule has 0 aliphatic rings. The molecule has 0 atom stereocenters. The molecule has 0 bridgehead atoms. The van der Waals surface area contributed by atoms with Gasteiger partial charge in [0, 0.05) is 17.3 Å². The third-order valence-corrected chi connectivity index (χ3v) is 2.40. The van der Waals surface area contributed by atoms with E-state index in [0.29, 0.717) is 0 Å². The van der Waals surface area contributed by atoms with E-state index in [1.165, 1.54) is 6.08 Å². The van der Waals surface area contributed by atoms with Gasteiger partial charge in [-0.2, -0.15) is 5.10 Å². The normalized spacial score (nSPS) is 12.3. The van der Waals surface area contributed by atoms with Gasteiger partial charge in [0.05, 0.1) is 11.2 Å². The summed E-state index contributed by atoms with van der Waals surface area (Å²) in [4.78, 5) is 10.7. The minimum absolute atomic E-state index is 0.0618. The summed E-state index contributed by atoms with van der Waals surface area (Å²) in [5.74, 6) is -0.442. The van der Waals surface area contributed by atoms with E-state index < -0.39 is 5.91 Å². The fraction of sp³-hybridized carbons (Fsp3) is 0.500.